The topological polar surface area (TPSA) is 35.5 Å². The fourth-order valence-corrected chi connectivity index (χ4v) is 1.56. The summed E-state index contributed by atoms with van der Waals surface area (Å²) in [7, 11) is 0. The van der Waals surface area contributed by atoms with Gasteiger partial charge in [0.25, 0.3) is 0 Å². The van der Waals surface area contributed by atoms with Crippen LogP contribution in [0.25, 0.3) is 0 Å². The van der Waals surface area contributed by atoms with Gasteiger partial charge in [-0.3, -0.25) is 4.79 Å². The van der Waals surface area contributed by atoms with Crippen molar-refractivity contribution < 1.29 is 36.2 Å². The average Bonchev–Trinajstić information content (AvgIpc) is 2.27. The first kappa shape index (κ1) is 16.7. The van der Waals surface area contributed by atoms with Crippen molar-refractivity contribution >= 4 is 21.7 Å². The van der Waals surface area contributed by atoms with Crippen LogP contribution < -0.4 is 9.47 Å². The van der Waals surface area contributed by atoms with E-state index >= 15 is 0 Å². The molecule has 0 spiro atoms. The highest BCUT2D eigenvalue weighted by Crippen LogP contribution is 2.30. The molecule has 9 heteroatoms. The van der Waals surface area contributed by atoms with Crippen LogP contribution in [0.15, 0.2) is 18.2 Å². The van der Waals surface area contributed by atoms with Crippen molar-refractivity contribution in [2.24, 2.45) is 0 Å². The molecule has 0 aliphatic carbocycles. The molecular formula is C11H8BrF5O3. The minimum absolute atomic E-state index is 0.434. The van der Waals surface area contributed by atoms with E-state index in [0.717, 1.165) is 12.1 Å². The Labute approximate surface area is 118 Å². The summed E-state index contributed by atoms with van der Waals surface area (Å²) >= 11 is 2.91. The number of carbonyl (C=O) groups is 1. The predicted molar refractivity (Wildman–Crippen MR) is 62.5 cm³/mol. The fourth-order valence-electron chi connectivity index (χ4n) is 1.31. The summed E-state index contributed by atoms with van der Waals surface area (Å²) in [4.78, 5) is 11.0. The lowest BCUT2D eigenvalue weighted by atomic mass is 10.1. The van der Waals surface area contributed by atoms with Crippen LogP contribution in [0.5, 0.6) is 11.5 Å². The highest BCUT2D eigenvalue weighted by atomic mass is 79.9. The monoisotopic (exact) mass is 362 g/mol. The van der Waals surface area contributed by atoms with E-state index in [4.69, 9.17) is 0 Å². The number of Topliss-reactive ketones (excluding diaryl/α,β-unsaturated/α-hetero) is 1. The lowest BCUT2D eigenvalue weighted by Crippen LogP contribution is -2.18. The summed E-state index contributed by atoms with van der Waals surface area (Å²) in [5, 5.41) is 0. The Morgan fingerprint density at radius 2 is 1.90 bits per heavy atom. The van der Waals surface area contributed by atoms with E-state index in [9.17, 15) is 26.7 Å². The van der Waals surface area contributed by atoms with Crippen molar-refractivity contribution in [3.63, 3.8) is 0 Å². The van der Waals surface area contributed by atoms with E-state index in [-0.39, 0.29) is 0 Å². The summed E-state index contributed by atoms with van der Waals surface area (Å²) < 4.78 is 68.3. The maximum atomic E-state index is 12.2. The van der Waals surface area contributed by atoms with Crippen LogP contribution in [0.2, 0.25) is 0 Å². The van der Waals surface area contributed by atoms with Crippen LogP contribution >= 0.6 is 15.9 Å². The zero-order valence-electron chi connectivity index (χ0n) is 9.88. The highest BCUT2D eigenvalue weighted by molar-refractivity contribution is 9.10. The molecule has 0 fully saturated rings. The third-order valence-electron chi connectivity index (χ3n) is 2.03. The number of ether oxygens (including phenoxy) is 2. The van der Waals surface area contributed by atoms with E-state index in [1.807, 2.05) is 0 Å². The van der Waals surface area contributed by atoms with Crippen molar-refractivity contribution in [3.05, 3.63) is 23.8 Å². The maximum absolute atomic E-state index is 12.2. The van der Waals surface area contributed by atoms with Gasteiger partial charge in [0, 0.05) is 0 Å². The zero-order chi connectivity index (χ0) is 15.5. The van der Waals surface area contributed by atoms with Crippen molar-refractivity contribution in [1.29, 1.82) is 0 Å². The van der Waals surface area contributed by atoms with Gasteiger partial charge in [-0.2, -0.15) is 8.78 Å². The third-order valence-corrected chi connectivity index (χ3v) is 2.44. The lowest BCUT2D eigenvalue weighted by Gasteiger charge is -2.14. The molecule has 20 heavy (non-hydrogen) atoms. The van der Waals surface area contributed by atoms with Gasteiger partial charge >= 0.3 is 13.0 Å². The van der Waals surface area contributed by atoms with E-state index < -0.39 is 40.6 Å². The Balaban J connectivity index is 3.18. The number of ketones is 1. The quantitative estimate of drug-likeness (QED) is 0.448. The second kappa shape index (κ2) is 6.38. The summed E-state index contributed by atoms with van der Waals surface area (Å²) in [5.74, 6) is -1.94. The van der Waals surface area contributed by atoms with E-state index in [0.29, 0.717) is 6.07 Å². The van der Waals surface area contributed by atoms with E-state index in [2.05, 4.69) is 25.4 Å². The Morgan fingerprint density at radius 1 is 1.30 bits per heavy atom. The smallest absolute Gasteiger partial charge is 0.434 e. The molecule has 0 saturated carbocycles. The zero-order valence-corrected chi connectivity index (χ0v) is 11.5. The SMILES string of the molecule is CC(Br)C(=O)c1cc(OC(F)(F)F)ccc1OC(F)F. The van der Waals surface area contributed by atoms with Gasteiger partial charge in [0.1, 0.15) is 11.5 Å². The van der Waals surface area contributed by atoms with Gasteiger partial charge in [-0.15, -0.1) is 13.2 Å². The normalized spacial score (nSPS) is 13.2. The first-order valence-electron chi connectivity index (χ1n) is 5.13. The van der Waals surface area contributed by atoms with Crippen molar-refractivity contribution in [2.75, 3.05) is 0 Å². The molecule has 0 amide bonds. The average molecular weight is 363 g/mol. The largest absolute Gasteiger partial charge is 0.573 e. The molecule has 0 aliphatic heterocycles. The maximum Gasteiger partial charge on any atom is 0.573 e. The van der Waals surface area contributed by atoms with Gasteiger partial charge in [0.2, 0.25) is 0 Å². The van der Waals surface area contributed by atoms with Gasteiger partial charge in [-0.05, 0) is 25.1 Å². The molecule has 112 valence electrons. The molecule has 3 nitrogen and oxygen atoms in total. The minimum Gasteiger partial charge on any atom is -0.434 e. The van der Waals surface area contributed by atoms with E-state index in [1.54, 1.807) is 0 Å². The second-order valence-corrected chi connectivity index (χ2v) is 4.94. The molecule has 0 radical (unpaired) electrons. The van der Waals surface area contributed by atoms with E-state index in [1.165, 1.54) is 6.92 Å². The van der Waals surface area contributed by atoms with Crippen molar-refractivity contribution in [3.8, 4) is 11.5 Å². The van der Waals surface area contributed by atoms with Crippen LogP contribution in [0.3, 0.4) is 0 Å². The summed E-state index contributed by atoms with van der Waals surface area (Å²) in [6.45, 7) is -1.81. The van der Waals surface area contributed by atoms with Crippen LogP contribution in [-0.4, -0.2) is 23.6 Å². The van der Waals surface area contributed by atoms with Crippen molar-refractivity contribution in [2.45, 2.75) is 24.7 Å². The fraction of sp³-hybridized carbons (Fsp3) is 0.364. The van der Waals surface area contributed by atoms with Gasteiger partial charge in [0.05, 0.1) is 10.4 Å². The number of halogens is 6. The Kier molecular flexibility index (Phi) is 5.32. The molecule has 1 aromatic rings. The van der Waals surface area contributed by atoms with Crippen LogP contribution in [-0.2, 0) is 0 Å². The minimum atomic E-state index is -4.95. The molecule has 0 aliphatic rings. The molecule has 0 N–H and O–H groups in total. The number of alkyl halides is 6. The van der Waals surface area contributed by atoms with Gasteiger partial charge < -0.3 is 9.47 Å². The molecule has 0 bridgehead atoms. The first-order valence-corrected chi connectivity index (χ1v) is 6.04. The summed E-state index contributed by atoms with van der Waals surface area (Å²) in [5.41, 5.74) is -0.434. The molecular weight excluding hydrogens is 355 g/mol. The molecule has 0 saturated heterocycles. The van der Waals surface area contributed by atoms with Crippen molar-refractivity contribution in [1.82, 2.24) is 0 Å². The van der Waals surface area contributed by atoms with Gasteiger partial charge in [0.15, 0.2) is 5.78 Å². The number of benzene rings is 1. The molecule has 1 unspecified atom stereocenters. The molecule has 1 rings (SSSR count). The number of hydrogen-bond donors (Lipinski definition) is 0. The van der Waals surface area contributed by atoms with Crippen LogP contribution in [0, 0.1) is 0 Å². The lowest BCUT2D eigenvalue weighted by molar-refractivity contribution is -0.274. The highest BCUT2D eigenvalue weighted by Gasteiger charge is 2.32. The Hall–Kier alpha value is -1.38. The summed E-state index contributed by atoms with van der Waals surface area (Å²) in [6, 6.07) is 2.29. The van der Waals surface area contributed by atoms with Gasteiger partial charge in [-0.1, -0.05) is 15.9 Å². The summed E-state index contributed by atoms with van der Waals surface area (Å²) in [6.07, 6.45) is -4.95. The Morgan fingerprint density at radius 3 is 2.35 bits per heavy atom. The molecule has 0 aromatic heterocycles. The predicted octanol–water partition coefficient (Wildman–Crippen LogP) is 4.15. The van der Waals surface area contributed by atoms with Crippen LogP contribution in [0.1, 0.15) is 17.3 Å². The number of rotatable bonds is 5. The van der Waals surface area contributed by atoms with Gasteiger partial charge in [-0.25, -0.2) is 0 Å². The molecule has 1 aromatic carbocycles. The standard InChI is InChI=1S/C11H8BrF5O3/c1-5(12)9(18)7-4-6(20-11(15,16)17)2-3-8(7)19-10(13)14/h2-5,10H,1H3. The number of hydrogen-bond acceptors (Lipinski definition) is 3. The molecule has 1 atom stereocenters. The Bertz CT molecular complexity index is 487. The molecule has 0 heterocycles. The second-order valence-electron chi connectivity index (χ2n) is 3.56. The van der Waals surface area contributed by atoms with Crippen LogP contribution in [0.4, 0.5) is 22.0 Å². The third kappa shape index (κ3) is 4.95. The first-order chi connectivity index (χ1) is 9.10. The number of carbonyl (C=O) groups excluding carboxylic acids is 1.